The van der Waals surface area contributed by atoms with E-state index in [1.54, 1.807) is 17.6 Å². The SMILES string of the molecule is CCNC(c1ccoc1Cl)c1cccc2ccsc12. The lowest BCUT2D eigenvalue weighted by Crippen LogP contribution is -2.21. The molecule has 2 nitrogen and oxygen atoms in total. The van der Waals surface area contributed by atoms with Gasteiger partial charge in [0.05, 0.1) is 12.3 Å². The Morgan fingerprint density at radius 1 is 1.26 bits per heavy atom. The zero-order valence-electron chi connectivity index (χ0n) is 10.5. The first-order chi connectivity index (χ1) is 9.31. The lowest BCUT2D eigenvalue weighted by Gasteiger charge is -2.18. The van der Waals surface area contributed by atoms with Gasteiger partial charge in [0.15, 0.2) is 5.22 Å². The number of thiophene rings is 1. The summed E-state index contributed by atoms with van der Waals surface area (Å²) in [6.07, 6.45) is 1.64. The van der Waals surface area contributed by atoms with Crippen LogP contribution in [0.4, 0.5) is 0 Å². The molecular weight excluding hydrogens is 278 g/mol. The van der Waals surface area contributed by atoms with E-state index in [4.69, 9.17) is 16.0 Å². The van der Waals surface area contributed by atoms with Crippen molar-refractivity contribution >= 4 is 33.0 Å². The van der Waals surface area contributed by atoms with E-state index in [1.807, 2.05) is 6.07 Å². The molecule has 0 radical (unpaired) electrons. The van der Waals surface area contributed by atoms with E-state index >= 15 is 0 Å². The van der Waals surface area contributed by atoms with Crippen molar-refractivity contribution in [2.75, 3.05) is 6.54 Å². The standard InChI is InChI=1S/C15H14ClNOS/c1-2-17-13(12-6-8-18-15(12)16)11-5-3-4-10-7-9-19-14(10)11/h3-9,13,17H,2H2,1H3. The molecule has 1 unspecified atom stereocenters. The molecule has 0 amide bonds. The van der Waals surface area contributed by atoms with Gasteiger partial charge < -0.3 is 9.73 Å². The molecular formula is C15H14ClNOS. The Balaban J connectivity index is 2.15. The van der Waals surface area contributed by atoms with Gasteiger partial charge in [-0.05, 0) is 46.6 Å². The molecule has 0 aliphatic rings. The molecule has 2 aromatic heterocycles. The van der Waals surface area contributed by atoms with Crippen molar-refractivity contribution in [3.63, 3.8) is 0 Å². The minimum atomic E-state index is 0.0681. The number of rotatable bonds is 4. The summed E-state index contributed by atoms with van der Waals surface area (Å²) in [7, 11) is 0. The summed E-state index contributed by atoms with van der Waals surface area (Å²) in [6, 6.07) is 10.5. The summed E-state index contributed by atoms with van der Waals surface area (Å²) in [5.74, 6) is 0. The van der Waals surface area contributed by atoms with Crippen LogP contribution in [0.1, 0.15) is 24.1 Å². The van der Waals surface area contributed by atoms with Gasteiger partial charge in [0.25, 0.3) is 0 Å². The fourth-order valence-electron chi connectivity index (χ4n) is 2.35. The number of furan rings is 1. The average Bonchev–Trinajstić information content (AvgIpc) is 3.04. The highest BCUT2D eigenvalue weighted by Crippen LogP contribution is 2.35. The zero-order valence-corrected chi connectivity index (χ0v) is 12.1. The van der Waals surface area contributed by atoms with Crippen LogP contribution in [0.5, 0.6) is 0 Å². The first-order valence-electron chi connectivity index (χ1n) is 6.23. The second-order valence-electron chi connectivity index (χ2n) is 4.33. The summed E-state index contributed by atoms with van der Waals surface area (Å²) < 4.78 is 6.53. The monoisotopic (exact) mass is 291 g/mol. The van der Waals surface area contributed by atoms with Gasteiger partial charge in [-0.15, -0.1) is 11.3 Å². The van der Waals surface area contributed by atoms with Crippen molar-refractivity contribution in [1.29, 1.82) is 0 Å². The number of hydrogen-bond acceptors (Lipinski definition) is 3. The number of fused-ring (bicyclic) bond motifs is 1. The first-order valence-corrected chi connectivity index (χ1v) is 7.49. The Labute approximate surface area is 121 Å². The number of benzene rings is 1. The quantitative estimate of drug-likeness (QED) is 0.743. The fourth-order valence-corrected chi connectivity index (χ4v) is 3.51. The predicted octanol–water partition coefficient (Wildman–Crippen LogP) is 4.85. The average molecular weight is 292 g/mol. The maximum absolute atomic E-state index is 6.14. The highest BCUT2D eigenvalue weighted by atomic mass is 35.5. The molecule has 19 heavy (non-hydrogen) atoms. The lowest BCUT2D eigenvalue weighted by molar-refractivity contribution is 0.556. The summed E-state index contributed by atoms with van der Waals surface area (Å²) in [6.45, 7) is 2.96. The smallest absolute Gasteiger partial charge is 0.198 e. The van der Waals surface area contributed by atoms with Crippen LogP contribution in [0.3, 0.4) is 0 Å². The molecule has 1 N–H and O–H groups in total. The van der Waals surface area contributed by atoms with Crippen LogP contribution in [-0.4, -0.2) is 6.54 Å². The molecule has 4 heteroatoms. The van der Waals surface area contributed by atoms with E-state index in [-0.39, 0.29) is 6.04 Å². The van der Waals surface area contributed by atoms with Crippen molar-refractivity contribution in [3.8, 4) is 0 Å². The molecule has 98 valence electrons. The number of nitrogens with one attached hydrogen (secondary N) is 1. The van der Waals surface area contributed by atoms with E-state index in [9.17, 15) is 0 Å². The molecule has 1 atom stereocenters. The third kappa shape index (κ3) is 2.29. The van der Waals surface area contributed by atoms with E-state index in [0.29, 0.717) is 5.22 Å². The van der Waals surface area contributed by atoms with Crippen molar-refractivity contribution in [2.24, 2.45) is 0 Å². The van der Waals surface area contributed by atoms with Crippen molar-refractivity contribution in [3.05, 3.63) is 58.3 Å². The van der Waals surface area contributed by atoms with E-state index < -0.39 is 0 Å². The fraction of sp³-hybridized carbons (Fsp3) is 0.200. The summed E-state index contributed by atoms with van der Waals surface area (Å²) in [5.41, 5.74) is 2.24. The summed E-state index contributed by atoms with van der Waals surface area (Å²) >= 11 is 7.90. The van der Waals surface area contributed by atoms with Crippen LogP contribution in [0.2, 0.25) is 5.22 Å². The minimum Gasteiger partial charge on any atom is -0.453 e. The normalized spacial score (nSPS) is 12.9. The molecule has 0 bridgehead atoms. The van der Waals surface area contributed by atoms with Gasteiger partial charge in [0.1, 0.15) is 0 Å². The maximum Gasteiger partial charge on any atom is 0.198 e. The topological polar surface area (TPSA) is 25.2 Å². The van der Waals surface area contributed by atoms with Crippen LogP contribution in [-0.2, 0) is 0 Å². The van der Waals surface area contributed by atoms with E-state index in [2.05, 4.69) is 41.9 Å². The van der Waals surface area contributed by atoms with E-state index in [1.165, 1.54) is 15.6 Å². The molecule has 1 aromatic carbocycles. The zero-order chi connectivity index (χ0) is 13.2. The van der Waals surface area contributed by atoms with Gasteiger partial charge in [-0.2, -0.15) is 0 Å². The summed E-state index contributed by atoms with van der Waals surface area (Å²) in [4.78, 5) is 0. The third-order valence-corrected chi connectivity index (χ3v) is 4.47. The number of hydrogen-bond donors (Lipinski definition) is 1. The molecule has 0 saturated carbocycles. The van der Waals surface area contributed by atoms with Gasteiger partial charge in [0, 0.05) is 10.3 Å². The highest BCUT2D eigenvalue weighted by Gasteiger charge is 2.20. The summed E-state index contributed by atoms with van der Waals surface area (Å²) in [5, 5.41) is 7.33. The molecule has 0 fully saturated rings. The van der Waals surface area contributed by atoms with Crippen LogP contribution >= 0.6 is 22.9 Å². The maximum atomic E-state index is 6.14. The van der Waals surface area contributed by atoms with Crippen LogP contribution < -0.4 is 5.32 Å². The van der Waals surface area contributed by atoms with Gasteiger partial charge >= 0.3 is 0 Å². The molecule has 2 heterocycles. The predicted molar refractivity (Wildman–Crippen MR) is 81.1 cm³/mol. The second-order valence-corrected chi connectivity index (χ2v) is 5.59. The van der Waals surface area contributed by atoms with Gasteiger partial charge in [-0.3, -0.25) is 0 Å². The molecule has 0 saturated heterocycles. The third-order valence-electron chi connectivity index (χ3n) is 3.19. The van der Waals surface area contributed by atoms with Crippen LogP contribution in [0.15, 0.2) is 46.4 Å². The molecule has 0 spiro atoms. The largest absolute Gasteiger partial charge is 0.453 e. The Morgan fingerprint density at radius 2 is 2.16 bits per heavy atom. The molecule has 3 aromatic rings. The van der Waals surface area contributed by atoms with E-state index in [0.717, 1.165) is 12.1 Å². The second kappa shape index (κ2) is 5.37. The van der Waals surface area contributed by atoms with Gasteiger partial charge in [0.2, 0.25) is 0 Å². The van der Waals surface area contributed by atoms with Crippen molar-refractivity contribution in [2.45, 2.75) is 13.0 Å². The first kappa shape index (κ1) is 12.7. The van der Waals surface area contributed by atoms with Crippen LogP contribution in [0, 0.1) is 0 Å². The number of halogens is 1. The lowest BCUT2D eigenvalue weighted by atomic mass is 10.00. The van der Waals surface area contributed by atoms with Crippen LogP contribution in [0.25, 0.3) is 10.1 Å². The van der Waals surface area contributed by atoms with Crippen molar-refractivity contribution in [1.82, 2.24) is 5.32 Å². The molecule has 0 aliphatic carbocycles. The highest BCUT2D eigenvalue weighted by molar-refractivity contribution is 7.17. The molecule has 0 aliphatic heterocycles. The Morgan fingerprint density at radius 3 is 2.89 bits per heavy atom. The Kier molecular flexibility index (Phi) is 3.60. The van der Waals surface area contributed by atoms with Crippen molar-refractivity contribution < 1.29 is 4.42 Å². The minimum absolute atomic E-state index is 0.0681. The Hall–Kier alpha value is -1.29. The van der Waals surface area contributed by atoms with Gasteiger partial charge in [-0.1, -0.05) is 25.1 Å². The Bertz CT molecular complexity index is 688. The van der Waals surface area contributed by atoms with Gasteiger partial charge in [-0.25, -0.2) is 0 Å². The molecule has 3 rings (SSSR count).